The van der Waals surface area contributed by atoms with Crippen LogP contribution in [-0.4, -0.2) is 55.8 Å². The number of piperazine rings is 1. The zero-order chi connectivity index (χ0) is 20.1. The number of nitrogens with zero attached hydrogens (tertiary/aromatic N) is 2. The molecule has 0 radical (unpaired) electrons. The molecule has 0 aliphatic carbocycles. The fourth-order valence-corrected chi connectivity index (χ4v) is 5.14. The van der Waals surface area contributed by atoms with Crippen LogP contribution in [0.25, 0.3) is 0 Å². The van der Waals surface area contributed by atoms with E-state index in [-0.39, 0.29) is 17.7 Å². The maximum atomic E-state index is 12.7. The standard InChI is InChI=1S/C20H24BrN3O3S/c1-16(20(25)22-19-9-5-8-18(21)14-19)23-10-12-24(13-11-23)28(26,27)15-17-6-3-2-4-7-17/h2-9,14,16H,10-13,15H2,1H3,(H,22,25)/t16-/m0/s1. The van der Waals surface area contributed by atoms with E-state index in [1.54, 1.807) is 0 Å². The molecule has 1 amide bonds. The van der Waals surface area contributed by atoms with E-state index in [4.69, 9.17) is 0 Å². The molecule has 8 heteroatoms. The highest BCUT2D eigenvalue weighted by molar-refractivity contribution is 9.10. The van der Waals surface area contributed by atoms with Crippen molar-refractivity contribution in [3.63, 3.8) is 0 Å². The Hall–Kier alpha value is -1.74. The van der Waals surface area contributed by atoms with Gasteiger partial charge in [0.05, 0.1) is 11.8 Å². The van der Waals surface area contributed by atoms with Gasteiger partial charge in [0.1, 0.15) is 0 Å². The lowest BCUT2D eigenvalue weighted by Gasteiger charge is -2.36. The minimum absolute atomic E-state index is 0.00671. The van der Waals surface area contributed by atoms with Gasteiger partial charge in [0.2, 0.25) is 15.9 Å². The van der Waals surface area contributed by atoms with Crippen LogP contribution in [0.2, 0.25) is 0 Å². The summed E-state index contributed by atoms with van der Waals surface area (Å²) in [6, 6.07) is 16.3. The topological polar surface area (TPSA) is 69.7 Å². The molecule has 1 aliphatic heterocycles. The average Bonchev–Trinajstić information content (AvgIpc) is 2.68. The molecule has 2 aromatic rings. The van der Waals surface area contributed by atoms with Crippen molar-refractivity contribution in [2.45, 2.75) is 18.7 Å². The lowest BCUT2D eigenvalue weighted by atomic mass is 10.2. The Morgan fingerprint density at radius 1 is 1.07 bits per heavy atom. The monoisotopic (exact) mass is 465 g/mol. The molecule has 1 fully saturated rings. The van der Waals surface area contributed by atoms with E-state index < -0.39 is 10.0 Å². The van der Waals surface area contributed by atoms with Gasteiger partial charge in [-0.1, -0.05) is 52.3 Å². The molecular weight excluding hydrogens is 442 g/mol. The molecule has 28 heavy (non-hydrogen) atoms. The molecule has 0 bridgehead atoms. The van der Waals surface area contributed by atoms with Gasteiger partial charge in [-0.05, 0) is 30.7 Å². The van der Waals surface area contributed by atoms with Gasteiger partial charge in [0.25, 0.3) is 0 Å². The van der Waals surface area contributed by atoms with E-state index in [1.807, 2.05) is 66.4 Å². The van der Waals surface area contributed by atoms with E-state index in [0.29, 0.717) is 26.2 Å². The summed E-state index contributed by atoms with van der Waals surface area (Å²) >= 11 is 3.39. The second-order valence-corrected chi connectivity index (χ2v) is 9.74. The van der Waals surface area contributed by atoms with Crippen molar-refractivity contribution in [1.82, 2.24) is 9.21 Å². The number of carbonyl (C=O) groups is 1. The minimum Gasteiger partial charge on any atom is -0.325 e. The number of rotatable bonds is 6. The van der Waals surface area contributed by atoms with Crippen molar-refractivity contribution in [1.29, 1.82) is 0 Å². The van der Waals surface area contributed by atoms with E-state index in [0.717, 1.165) is 15.7 Å². The third kappa shape index (κ3) is 5.41. The normalized spacial score (nSPS) is 17.2. The molecule has 150 valence electrons. The number of hydrogen-bond donors (Lipinski definition) is 1. The fourth-order valence-electron chi connectivity index (χ4n) is 3.22. The number of amides is 1. The molecule has 1 atom stereocenters. The second kappa shape index (κ2) is 9.17. The van der Waals surface area contributed by atoms with Crippen LogP contribution >= 0.6 is 15.9 Å². The van der Waals surface area contributed by atoms with Crippen LogP contribution in [0.4, 0.5) is 5.69 Å². The van der Waals surface area contributed by atoms with Crippen molar-refractivity contribution >= 4 is 37.5 Å². The van der Waals surface area contributed by atoms with Crippen LogP contribution in [0.1, 0.15) is 12.5 Å². The number of halogens is 1. The van der Waals surface area contributed by atoms with Gasteiger partial charge in [0, 0.05) is 36.3 Å². The summed E-state index contributed by atoms with van der Waals surface area (Å²) in [5, 5.41) is 2.91. The smallest absolute Gasteiger partial charge is 0.241 e. The maximum absolute atomic E-state index is 12.7. The van der Waals surface area contributed by atoms with Gasteiger partial charge in [-0.3, -0.25) is 9.69 Å². The van der Waals surface area contributed by atoms with Crippen molar-refractivity contribution in [2.75, 3.05) is 31.5 Å². The van der Waals surface area contributed by atoms with Crippen molar-refractivity contribution in [2.24, 2.45) is 0 Å². The fraction of sp³-hybridized carbons (Fsp3) is 0.350. The Kier molecular flexibility index (Phi) is 6.87. The van der Waals surface area contributed by atoms with Gasteiger partial charge in [0.15, 0.2) is 0 Å². The number of sulfonamides is 1. The summed E-state index contributed by atoms with van der Waals surface area (Å²) in [4.78, 5) is 14.6. The largest absolute Gasteiger partial charge is 0.325 e. The second-order valence-electron chi connectivity index (χ2n) is 6.85. The Bertz CT molecular complexity index is 913. The summed E-state index contributed by atoms with van der Waals surface area (Å²) in [6.45, 7) is 3.69. The summed E-state index contributed by atoms with van der Waals surface area (Å²) < 4.78 is 27.7. The zero-order valence-corrected chi connectivity index (χ0v) is 18.1. The number of hydrogen-bond acceptors (Lipinski definition) is 4. The predicted octanol–water partition coefficient (Wildman–Crippen LogP) is 2.92. The third-order valence-electron chi connectivity index (χ3n) is 4.88. The van der Waals surface area contributed by atoms with Crippen LogP contribution in [-0.2, 0) is 20.6 Å². The summed E-state index contributed by atoms with van der Waals surface area (Å²) in [5.74, 6) is -0.0917. The Morgan fingerprint density at radius 2 is 1.75 bits per heavy atom. The number of nitrogens with one attached hydrogen (secondary N) is 1. The van der Waals surface area contributed by atoms with E-state index in [1.165, 1.54) is 4.31 Å². The SMILES string of the molecule is C[C@@H](C(=O)Nc1cccc(Br)c1)N1CCN(S(=O)(=O)Cc2ccccc2)CC1. The highest BCUT2D eigenvalue weighted by atomic mass is 79.9. The van der Waals surface area contributed by atoms with Crippen LogP contribution in [0.15, 0.2) is 59.1 Å². The van der Waals surface area contributed by atoms with E-state index >= 15 is 0 Å². The van der Waals surface area contributed by atoms with Gasteiger partial charge >= 0.3 is 0 Å². The first-order valence-corrected chi connectivity index (χ1v) is 11.6. The summed E-state index contributed by atoms with van der Waals surface area (Å²) in [5.41, 5.74) is 1.52. The van der Waals surface area contributed by atoms with Gasteiger partial charge < -0.3 is 5.32 Å². The molecule has 6 nitrogen and oxygen atoms in total. The molecule has 1 saturated heterocycles. The average molecular weight is 466 g/mol. The quantitative estimate of drug-likeness (QED) is 0.711. The van der Waals surface area contributed by atoms with Crippen LogP contribution < -0.4 is 5.32 Å². The Morgan fingerprint density at radius 3 is 2.39 bits per heavy atom. The van der Waals surface area contributed by atoms with Gasteiger partial charge in [-0.15, -0.1) is 0 Å². The molecule has 0 aromatic heterocycles. The molecule has 1 aliphatic rings. The lowest BCUT2D eigenvalue weighted by molar-refractivity contribution is -0.121. The molecule has 0 saturated carbocycles. The Labute approximate surface area is 174 Å². The van der Waals surface area contributed by atoms with Gasteiger partial charge in [-0.2, -0.15) is 4.31 Å². The summed E-state index contributed by atoms with van der Waals surface area (Å²) in [7, 11) is -3.36. The molecule has 1 N–H and O–H groups in total. The first-order chi connectivity index (χ1) is 13.3. The van der Waals surface area contributed by atoms with E-state index in [2.05, 4.69) is 21.2 Å². The molecule has 0 spiro atoms. The summed E-state index contributed by atoms with van der Waals surface area (Å²) in [6.07, 6.45) is 0. The van der Waals surface area contributed by atoms with Crippen molar-refractivity contribution < 1.29 is 13.2 Å². The zero-order valence-electron chi connectivity index (χ0n) is 15.7. The molecule has 1 heterocycles. The van der Waals surface area contributed by atoms with Gasteiger partial charge in [-0.25, -0.2) is 8.42 Å². The number of carbonyl (C=O) groups excluding carboxylic acids is 1. The number of anilines is 1. The Balaban J connectivity index is 1.54. The van der Waals surface area contributed by atoms with E-state index in [9.17, 15) is 13.2 Å². The van der Waals surface area contributed by atoms with Crippen LogP contribution in [0.3, 0.4) is 0 Å². The highest BCUT2D eigenvalue weighted by Gasteiger charge is 2.30. The highest BCUT2D eigenvalue weighted by Crippen LogP contribution is 2.18. The maximum Gasteiger partial charge on any atom is 0.241 e. The minimum atomic E-state index is -3.36. The van der Waals surface area contributed by atoms with Crippen LogP contribution in [0, 0.1) is 0 Å². The lowest BCUT2D eigenvalue weighted by Crippen LogP contribution is -2.54. The molecule has 0 unspecified atom stereocenters. The van der Waals surface area contributed by atoms with Crippen molar-refractivity contribution in [3.05, 3.63) is 64.6 Å². The van der Waals surface area contributed by atoms with Crippen molar-refractivity contribution in [3.8, 4) is 0 Å². The third-order valence-corrected chi connectivity index (χ3v) is 7.22. The first-order valence-electron chi connectivity index (χ1n) is 9.17. The first kappa shape index (κ1) is 21.0. The number of benzene rings is 2. The molecule has 3 rings (SSSR count). The predicted molar refractivity (Wildman–Crippen MR) is 114 cm³/mol. The van der Waals surface area contributed by atoms with Crippen LogP contribution in [0.5, 0.6) is 0 Å². The molecule has 2 aromatic carbocycles. The molecular formula is C20H24BrN3O3S.